The summed E-state index contributed by atoms with van der Waals surface area (Å²) in [4.78, 5) is 20.7. The van der Waals surface area contributed by atoms with Gasteiger partial charge >= 0.3 is 0 Å². The molecule has 0 saturated heterocycles. The van der Waals surface area contributed by atoms with Gasteiger partial charge in [-0.1, -0.05) is 11.6 Å². The Morgan fingerprint density at radius 2 is 1.58 bits per heavy atom. The van der Waals surface area contributed by atoms with Gasteiger partial charge in [0, 0.05) is 16.7 Å². The molecule has 0 bridgehead atoms. The quantitative estimate of drug-likeness (QED) is 0.414. The summed E-state index contributed by atoms with van der Waals surface area (Å²) in [5.41, 5.74) is 17.2. The first-order valence-corrected chi connectivity index (χ1v) is 7.73. The van der Waals surface area contributed by atoms with Crippen LogP contribution in [0.3, 0.4) is 0 Å². The average molecular weight is 376 g/mol. The Morgan fingerprint density at radius 1 is 1.00 bits per heavy atom. The molecule has 0 aliphatic heterocycles. The smallest absolute Gasteiger partial charge is 0.223 e. The highest BCUT2D eigenvalue weighted by Gasteiger charge is 2.18. The number of methoxy groups -OCH3 is 2. The van der Waals surface area contributed by atoms with E-state index >= 15 is 0 Å². The standard InChI is InChI=1S/C17H18ClN5O3/c1-25-13-7-11(15(24)9-3-5-10(18)6-4-9)12(8-14(13)26-2)22-17(21)23-16(19)20/h3-8H,1-2H3,(H6,19,20,21,22,23). The Hall–Kier alpha value is -3.26. The molecule has 0 fully saturated rings. The third kappa shape index (κ3) is 4.42. The third-order valence-corrected chi connectivity index (χ3v) is 3.58. The van der Waals surface area contributed by atoms with Gasteiger partial charge in [-0.25, -0.2) is 4.99 Å². The minimum Gasteiger partial charge on any atom is -0.493 e. The Morgan fingerprint density at radius 3 is 2.12 bits per heavy atom. The van der Waals surface area contributed by atoms with Gasteiger partial charge in [-0.05, 0) is 30.3 Å². The molecule has 2 aromatic rings. The number of benzene rings is 2. The zero-order valence-electron chi connectivity index (χ0n) is 14.2. The number of nitrogens with two attached hydrogens (primary N) is 3. The number of ether oxygens (including phenoxy) is 2. The van der Waals surface area contributed by atoms with Gasteiger partial charge in [0.2, 0.25) is 5.96 Å². The van der Waals surface area contributed by atoms with E-state index < -0.39 is 0 Å². The van der Waals surface area contributed by atoms with Crippen LogP contribution in [0, 0.1) is 0 Å². The summed E-state index contributed by atoms with van der Waals surface area (Å²) in [5, 5.41) is 0.518. The summed E-state index contributed by atoms with van der Waals surface area (Å²) in [6.45, 7) is 0. The van der Waals surface area contributed by atoms with Crippen LogP contribution < -0.4 is 26.7 Å². The average Bonchev–Trinajstić information content (AvgIpc) is 2.60. The predicted molar refractivity (Wildman–Crippen MR) is 102 cm³/mol. The molecule has 0 aliphatic carbocycles. The number of hydrogen-bond donors (Lipinski definition) is 3. The molecule has 2 rings (SSSR count). The lowest BCUT2D eigenvalue weighted by Crippen LogP contribution is -2.26. The fraction of sp³-hybridized carbons (Fsp3) is 0.118. The van der Waals surface area contributed by atoms with Gasteiger partial charge in [0.15, 0.2) is 23.2 Å². The Balaban J connectivity index is 2.63. The molecule has 0 atom stereocenters. The van der Waals surface area contributed by atoms with Crippen LogP contribution >= 0.6 is 11.6 Å². The van der Waals surface area contributed by atoms with Crippen molar-refractivity contribution in [1.29, 1.82) is 0 Å². The van der Waals surface area contributed by atoms with Crippen LogP contribution in [0.2, 0.25) is 5.02 Å². The first-order chi connectivity index (χ1) is 12.3. The number of guanidine groups is 2. The van der Waals surface area contributed by atoms with Crippen molar-refractivity contribution in [2.45, 2.75) is 0 Å². The van der Waals surface area contributed by atoms with E-state index in [0.717, 1.165) is 0 Å². The number of carbonyl (C=O) groups excluding carboxylic acids is 1. The number of halogens is 1. The number of nitrogens with zero attached hydrogens (tertiary/aromatic N) is 2. The van der Waals surface area contributed by atoms with Crippen LogP contribution in [0.4, 0.5) is 5.69 Å². The van der Waals surface area contributed by atoms with Crippen molar-refractivity contribution in [3.63, 3.8) is 0 Å². The topological polar surface area (TPSA) is 138 Å². The zero-order valence-corrected chi connectivity index (χ0v) is 14.9. The van der Waals surface area contributed by atoms with E-state index in [-0.39, 0.29) is 29.0 Å². The Bertz CT molecular complexity index is 875. The zero-order chi connectivity index (χ0) is 19.3. The summed E-state index contributed by atoms with van der Waals surface area (Å²) >= 11 is 5.87. The van der Waals surface area contributed by atoms with Gasteiger partial charge < -0.3 is 26.7 Å². The first-order valence-electron chi connectivity index (χ1n) is 7.35. The number of ketones is 1. The van der Waals surface area contributed by atoms with E-state index in [0.29, 0.717) is 22.1 Å². The van der Waals surface area contributed by atoms with Gasteiger partial charge in [0.25, 0.3) is 0 Å². The summed E-state index contributed by atoms with van der Waals surface area (Å²) in [6, 6.07) is 9.47. The van der Waals surface area contributed by atoms with Crippen LogP contribution in [-0.4, -0.2) is 31.9 Å². The molecule has 0 radical (unpaired) electrons. The third-order valence-electron chi connectivity index (χ3n) is 3.33. The van der Waals surface area contributed by atoms with E-state index in [4.69, 9.17) is 38.3 Å². The summed E-state index contributed by atoms with van der Waals surface area (Å²) in [5.74, 6) is -0.0286. The van der Waals surface area contributed by atoms with E-state index in [1.54, 1.807) is 24.3 Å². The minimum atomic E-state index is -0.307. The normalized spacial score (nSPS) is 11.0. The lowest BCUT2D eigenvalue weighted by molar-refractivity contribution is 0.103. The molecule has 136 valence electrons. The maximum Gasteiger partial charge on any atom is 0.223 e. The molecule has 8 nitrogen and oxygen atoms in total. The van der Waals surface area contributed by atoms with Crippen molar-refractivity contribution in [1.82, 2.24) is 0 Å². The highest BCUT2D eigenvalue weighted by Crippen LogP contribution is 2.36. The van der Waals surface area contributed by atoms with E-state index in [2.05, 4.69) is 9.98 Å². The molecule has 2 aromatic carbocycles. The number of aliphatic imine (C=N–C) groups is 2. The van der Waals surface area contributed by atoms with Gasteiger partial charge in [0.05, 0.1) is 25.5 Å². The van der Waals surface area contributed by atoms with Crippen molar-refractivity contribution in [3.05, 3.63) is 52.5 Å². The second-order valence-electron chi connectivity index (χ2n) is 5.07. The summed E-state index contributed by atoms with van der Waals surface area (Å²) in [6.07, 6.45) is 0. The molecular formula is C17H18ClN5O3. The molecule has 0 spiro atoms. The van der Waals surface area contributed by atoms with E-state index in [1.165, 1.54) is 26.4 Å². The molecule has 0 saturated carbocycles. The van der Waals surface area contributed by atoms with Crippen molar-refractivity contribution in [2.24, 2.45) is 27.2 Å². The van der Waals surface area contributed by atoms with Gasteiger partial charge in [0.1, 0.15) is 0 Å². The van der Waals surface area contributed by atoms with Crippen molar-refractivity contribution >= 4 is 35.0 Å². The van der Waals surface area contributed by atoms with Crippen LogP contribution in [0.15, 0.2) is 46.4 Å². The Labute approximate surface area is 155 Å². The lowest BCUT2D eigenvalue weighted by atomic mass is 10.0. The SMILES string of the molecule is COc1cc(N=C(N)N=C(N)N)c(C(=O)c2ccc(Cl)cc2)cc1OC. The maximum absolute atomic E-state index is 12.9. The Kier molecular flexibility index (Phi) is 6.03. The van der Waals surface area contributed by atoms with Crippen LogP contribution in [-0.2, 0) is 0 Å². The molecule has 0 aliphatic rings. The fourth-order valence-corrected chi connectivity index (χ4v) is 2.31. The monoisotopic (exact) mass is 375 g/mol. The first kappa shape index (κ1) is 19.1. The highest BCUT2D eigenvalue weighted by atomic mass is 35.5. The molecule has 0 heterocycles. The molecule has 0 aromatic heterocycles. The van der Waals surface area contributed by atoms with Gasteiger partial charge in [-0.15, -0.1) is 0 Å². The van der Waals surface area contributed by atoms with Gasteiger partial charge in [-0.3, -0.25) is 4.79 Å². The largest absolute Gasteiger partial charge is 0.493 e. The van der Waals surface area contributed by atoms with E-state index in [9.17, 15) is 4.79 Å². The molecule has 6 N–H and O–H groups in total. The molecule has 26 heavy (non-hydrogen) atoms. The maximum atomic E-state index is 12.9. The molecule has 0 unspecified atom stereocenters. The number of rotatable bonds is 5. The molecule has 9 heteroatoms. The van der Waals surface area contributed by atoms with Crippen molar-refractivity contribution < 1.29 is 14.3 Å². The van der Waals surface area contributed by atoms with Crippen LogP contribution in [0.1, 0.15) is 15.9 Å². The van der Waals surface area contributed by atoms with Crippen LogP contribution in [0.25, 0.3) is 0 Å². The molecule has 0 amide bonds. The number of hydrogen-bond acceptors (Lipinski definition) is 4. The van der Waals surface area contributed by atoms with Gasteiger partial charge in [-0.2, -0.15) is 4.99 Å². The minimum absolute atomic E-state index is 0.206. The van der Waals surface area contributed by atoms with Crippen molar-refractivity contribution in [2.75, 3.05) is 14.2 Å². The van der Waals surface area contributed by atoms with E-state index in [1.807, 2.05) is 0 Å². The summed E-state index contributed by atoms with van der Waals surface area (Å²) in [7, 11) is 2.93. The van der Waals surface area contributed by atoms with Crippen molar-refractivity contribution in [3.8, 4) is 11.5 Å². The second-order valence-corrected chi connectivity index (χ2v) is 5.50. The lowest BCUT2D eigenvalue weighted by Gasteiger charge is -2.12. The summed E-state index contributed by atoms with van der Waals surface area (Å²) < 4.78 is 10.5. The molecular weight excluding hydrogens is 358 g/mol. The highest BCUT2D eigenvalue weighted by molar-refractivity contribution is 6.30. The second kappa shape index (κ2) is 8.21. The number of carbonyl (C=O) groups is 1. The van der Waals surface area contributed by atoms with Crippen LogP contribution in [0.5, 0.6) is 11.5 Å². The fourth-order valence-electron chi connectivity index (χ4n) is 2.18. The predicted octanol–water partition coefficient (Wildman–Crippen LogP) is 1.81.